The number of hydrogen-bond donors (Lipinski definition) is 1. The van der Waals surface area contributed by atoms with Crippen molar-refractivity contribution in [2.75, 3.05) is 6.54 Å². The molecule has 1 nitrogen and oxygen atoms in total. The zero-order valence-electron chi connectivity index (χ0n) is 12.4. The van der Waals surface area contributed by atoms with Crippen LogP contribution in [-0.2, 0) is 6.42 Å². The summed E-state index contributed by atoms with van der Waals surface area (Å²) in [7, 11) is 0. The second-order valence-electron chi connectivity index (χ2n) is 6.95. The van der Waals surface area contributed by atoms with Crippen LogP contribution in [0.3, 0.4) is 0 Å². The van der Waals surface area contributed by atoms with Crippen molar-refractivity contribution < 1.29 is 0 Å². The summed E-state index contributed by atoms with van der Waals surface area (Å²) in [5, 5.41) is 3.79. The predicted octanol–water partition coefficient (Wildman–Crippen LogP) is 4.10. The predicted molar refractivity (Wildman–Crippen MR) is 81.4 cm³/mol. The summed E-state index contributed by atoms with van der Waals surface area (Å²) >= 11 is 0. The largest absolute Gasteiger partial charge is 0.314 e. The molecule has 0 bridgehead atoms. The Kier molecular flexibility index (Phi) is 3.66. The molecule has 0 aromatic heterocycles. The fourth-order valence-electron chi connectivity index (χ4n) is 3.32. The van der Waals surface area contributed by atoms with Gasteiger partial charge in [0.1, 0.15) is 0 Å². The molecule has 2 saturated carbocycles. The van der Waals surface area contributed by atoms with Crippen molar-refractivity contribution in [1.29, 1.82) is 0 Å². The van der Waals surface area contributed by atoms with E-state index in [1.54, 1.807) is 0 Å². The summed E-state index contributed by atoms with van der Waals surface area (Å²) in [6, 6.07) is 9.58. The van der Waals surface area contributed by atoms with Crippen LogP contribution in [0, 0.1) is 18.3 Å². The maximum atomic E-state index is 3.79. The Morgan fingerprint density at radius 1 is 1.32 bits per heavy atom. The van der Waals surface area contributed by atoms with Gasteiger partial charge in [0, 0.05) is 12.6 Å². The molecule has 1 unspecified atom stereocenters. The minimum absolute atomic E-state index is 0.650. The molecular weight excluding hydrogens is 230 g/mol. The fourth-order valence-corrected chi connectivity index (χ4v) is 3.32. The molecule has 104 valence electrons. The van der Waals surface area contributed by atoms with Gasteiger partial charge in [-0.1, -0.05) is 29.8 Å². The monoisotopic (exact) mass is 257 g/mol. The quantitative estimate of drug-likeness (QED) is 0.775. The Morgan fingerprint density at radius 3 is 2.74 bits per heavy atom. The fraction of sp³-hybridized carbons (Fsp3) is 0.667. The molecule has 0 saturated heterocycles. The Hall–Kier alpha value is -0.820. The molecular formula is C18H27N. The van der Waals surface area contributed by atoms with Crippen molar-refractivity contribution >= 4 is 0 Å². The van der Waals surface area contributed by atoms with E-state index in [-0.39, 0.29) is 0 Å². The topological polar surface area (TPSA) is 12.0 Å². The lowest BCUT2D eigenvalue weighted by molar-refractivity contribution is 0.372. The summed E-state index contributed by atoms with van der Waals surface area (Å²) in [5.41, 5.74) is 3.60. The second-order valence-corrected chi connectivity index (χ2v) is 6.95. The van der Waals surface area contributed by atoms with Gasteiger partial charge >= 0.3 is 0 Å². The van der Waals surface area contributed by atoms with Crippen molar-refractivity contribution in [1.82, 2.24) is 5.32 Å². The zero-order valence-corrected chi connectivity index (χ0v) is 12.4. The first-order valence-corrected chi connectivity index (χ1v) is 7.97. The lowest BCUT2D eigenvalue weighted by Crippen LogP contribution is -2.33. The lowest BCUT2D eigenvalue weighted by Gasteiger charge is -2.20. The third-order valence-corrected chi connectivity index (χ3v) is 5.09. The SMILES string of the molecule is Cc1cccc(CCC(C)NCC2(C3CC3)CC2)c1. The molecule has 19 heavy (non-hydrogen) atoms. The van der Waals surface area contributed by atoms with Gasteiger partial charge in [-0.05, 0) is 69.3 Å². The van der Waals surface area contributed by atoms with Gasteiger partial charge in [-0.3, -0.25) is 0 Å². The molecule has 0 amide bonds. The van der Waals surface area contributed by atoms with Crippen LogP contribution in [0.4, 0.5) is 0 Å². The molecule has 2 fully saturated rings. The van der Waals surface area contributed by atoms with Crippen LogP contribution in [0.5, 0.6) is 0 Å². The van der Waals surface area contributed by atoms with Gasteiger partial charge in [0.25, 0.3) is 0 Å². The van der Waals surface area contributed by atoms with Crippen molar-refractivity contribution in [3.05, 3.63) is 35.4 Å². The molecule has 0 spiro atoms. The highest BCUT2D eigenvalue weighted by Crippen LogP contribution is 2.60. The molecule has 0 radical (unpaired) electrons. The van der Waals surface area contributed by atoms with E-state index in [9.17, 15) is 0 Å². The van der Waals surface area contributed by atoms with Crippen LogP contribution < -0.4 is 5.32 Å². The van der Waals surface area contributed by atoms with Crippen molar-refractivity contribution in [2.45, 2.75) is 58.4 Å². The van der Waals surface area contributed by atoms with E-state index in [0.717, 1.165) is 11.3 Å². The van der Waals surface area contributed by atoms with Crippen molar-refractivity contribution in [3.8, 4) is 0 Å². The molecule has 2 aliphatic carbocycles. The molecule has 1 aromatic rings. The van der Waals surface area contributed by atoms with Gasteiger partial charge < -0.3 is 5.32 Å². The summed E-state index contributed by atoms with van der Waals surface area (Å²) in [6.07, 6.45) is 8.42. The Morgan fingerprint density at radius 2 is 2.11 bits per heavy atom. The van der Waals surface area contributed by atoms with E-state index < -0.39 is 0 Å². The number of hydrogen-bond acceptors (Lipinski definition) is 1. The van der Waals surface area contributed by atoms with Gasteiger partial charge in [0.15, 0.2) is 0 Å². The van der Waals surface area contributed by atoms with Crippen LogP contribution in [0.2, 0.25) is 0 Å². The van der Waals surface area contributed by atoms with Gasteiger partial charge in [0.2, 0.25) is 0 Å². The van der Waals surface area contributed by atoms with Gasteiger partial charge in [0.05, 0.1) is 0 Å². The maximum absolute atomic E-state index is 3.79. The van der Waals surface area contributed by atoms with Gasteiger partial charge in [-0.2, -0.15) is 0 Å². The van der Waals surface area contributed by atoms with Crippen molar-refractivity contribution in [3.63, 3.8) is 0 Å². The smallest absolute Gasteiger partial charge is 0.00421 e. The standard InChI is InChI=1S/C18H27N/c1-14-4-3-5-16(12-14)7-6-15(2)19-13-18(10-11-18)17-8-9-17/h3-5,12,15,17,19H,6-11,13H2,1-2H3. The average molecular weight is 257 g/mol. The minimum atomic E-state index is 0.650. The molecule has 1 N–H and O–H groups in total. The normalized spacial score (nSPS) is 22.2. The molecule has 1 heteroatoms. The van der Waals surface area contributed by atoms with Crippen LogP contribution in [0.15, 0.2) is 24.3 Å². The summed E-state index contributed by atoms with van der Waals surface area (Å²) in [5.74, 6) is 1.07. The van der Waals surface area contributed by atoms with Crippen molar-refractivity contribution in [2.24, 2.45) is 11.3 Å². The third-order valence-electron chi connectivity index (χ3n) is 5.09. The van der Waals surface area contributed by atoms with Crippen LogP contribution in [0.25, 0.3) is 0 Å². The first kappa shape index (κ1) is 13.2. The molecule has 0 heterocycles. The van der Waals surface area contributed by atoms with Gasteiger partial charge in [-0.25, -0.2) is 0 Å². The van der Waals surface area contributed by atoms with E-state index in [4.69, 9.17) is 0 Å². The molecule has 3 rings (SSSR count). The van der Waals surface area contributed by atoms with Gasteiger partial charge in [-0.15, -0.1) is 0 Å². The average Bonchev–Trinajstić information content (AvgIpc) is 3.27. The number of rotatable bonds is 7. The molecule has 1 atom stereocenters. The summed E-state index contributed by atoms with van der Waals surface area (Å²) in [4.78, 5) is 0. The molecule has 1 aromatic carbocycles. The highest BCUT2D eigenvalue weighted by Gasteiger charge is 2.53. The maximum Gasteiger partial charge on any atom is 0.00421 e. The minimum Gasteiger partial charge on any atom is -0.314 e. The van der Waals surface area contributed by atoms with E-state index in [2.05, 4.69) is 43.4 Å². The first-order valence-electron chi connectivity index (χ1n) is 7.97. The zero-order chi connectivity index (χ0) is 13.3. The van der Waals surface area contributed by atoms with E-state index >= 15 is 0 Å². The molecule has 2 aliphatic rings. The summed E-state index contributed by atoms with van der Waals surface area (Å²) < 4.78 is 0. The number of benzene rings is 1. The van der Waals surface area contributed by atoms with E-state index in [0.29, 0.717) is 6.04 Å². The Bertz CT molecular complexity index is 429. The highest BCUT2D eigenvalue weighted by atomic mass is 14.9. The first-order chi connectivity index (χ1) is 9.18. The molecule has 0 aliphatic heterocycles. The Labute approximate surface area is 117 Å². The third kappa shape index (κ3) is 3.39. The van der Waals surface area contributed by atoms with Crippen LogP contribution >= 0.6 is 0 Å². The second kappa shape index (κ2) is 5.28. The highest BCUT2D eigenvalue weighted by molar-refractivity contribution is 5.22. The van der Waals surface area contributed by atoms with E-state index in [1.165, 1.54) is 56.2 Å². The Balaban J connectivity index is 1.40. The van der Waals surface area contributed by atoms with E-state index in [1.807, 2.05) is 0 Å². The summed E-state index contributed by atoms with van der Waals surface area (Å²) in [6.45, 7) is 5.79. The lowest BCUT2D eigenvalue weighted by atomic mass is 9.99. The number of aryl methyl sites for hydroxylation is 2. The van der Waals surface area contributed by atoms with Crippen LogP contribution in [-0.4, -0.2) is 12.6 Å². The van der Waals surface area contributed by atoms with Crippen LogP contribution in [0.1, 0.15) is 50.2 Å². The number of nitrogens with one attached hydrogen (secondary N) is 1.